The van der Waals surface area contributed by atoms with E-state index in [0.717, 1.165) is 12.0 Å². The number of carbonyl (C=O) groups is 1. The molecule has 1 rings (SSSR count). The molecule has 0 fully saturated rings. The maximum absolute atomic E-state index is 11.2. The number of hydrogen-bond acceptors (Lipinski definition) is 1. The van der Waals surface area contributed by atoms with Crippen molar-refractivity contribution in [2.45, 2.75) is 40.5 Å². The van der Waals surface area contributed by atoms with Crippen molar-refractivity contribution in [2.75, 3.05) is 0 Å². The lowest BCUT2D eigenvalue weighted by molar-refractivity contribution is -0.142. The van der Waals surface area contributed by atoms with E-state index >= 15 is 0 Å². The maximum Gasteiger partial charge on any atom is 0.306 e. The van der Waals surface area contributed by atoms with E-state index in [9.17, 15) is 9.90 Å². The average Bonchev–Trinajstić information content (AvgIpc) is 2.21. The van der Waals surface area contributed by atoms with Crippen LogP contribution in [-0.4, -0.2) is 11.1 Å². The summed E-state index contributed by atoms with van der Waals surface area (Å²) in [6.07, 6.45) is 1.38. The molecule has 0 aliphatic rings. The Bertz CT molecular complexity index is 394. The summed E-state index contributed by atoms with van der Waals surface area (Å²) in [5, 5.41) is 9.24. The van der Waals surface area contributed by atoms with Crippen LogP contribution in [0, 0.1) is 25.7 Å². The van der Waals surface area contributed by atoms with Crippen molar-refractivity contribution in [3.05, 3.63) is 34.9 Å². The molecule has 1 atom stereocenters. The third-order valence-corrected chi connectivity index (χ3v) is 3.08. The summed E-state index contributed by atoms with van der Waals surface area (Å²) in [5.74, 6) is -0.531. The molecule has 0 radical (unpaired) electrons. The molecule has 0 heterocycles. The number of rotatable bonds is 5. The van der Waals surface area contributed by atoms with Crippen LogP contribution in [0.4, 0.5) is 0 Å². The highest BCUT2D eigenvalue weighted by molar-refractivity contribution is 5.70. The Morgan fingerprint density at radius 1 is 1.29 bits per heavy atom. The molecule has 0 aliphatic heterocycles. The number of carboxylic acid groups (broad SMARTS) is 1. The number of carboxylic acids is 1. The van der Waals surface area contributed by atoms with E-state index in [4.69, 9.17) is 0 Å². The topological polar surface area (TPSA) is 37.3 Å². The van der Waals surface area contributed by atoms with Gasteiger partial charge in [0.2, 0.25) is 0 Å². The molecule has 0 amide bonds. The first-order valence-electron chi connectivity index (χ1n) is 6.19. The van der Waals surface area contributed by atoms with Gasteiger partial charge in [-0.25, -0.2) is 0 Å². The SMILES string of the molecule is Cc1ccc(C)c(CC(CC(C)C)C(=O)O)c1. The molecule has 2 heteroatoms. The van der Waals surface area contributed by atoms with E-state index in [-0.39, 0.29) is 5.92 Å². The average molecular weight is 234 g/mol. The first kappa shape index (κ1) is 13.8. The predicted octanol–water partition coefficient (Wildman–Crippen LogP) is 3.59. The normalized spacial score (nSPS) is 12.8. The Morgan fingerprint density at radius 3 is 2.47 bits per heavy atom. The number of hydrogen-bond donors (Lipinski definition) is 1. The second-order valence-electron chi connectivity index (χ2n) is 5.30. The van der Waals surface area contributed by atoms with Crippen LogP contribution in [-0.2, 0) is 11.2 Å². The molecule has 1 N–H and O–H groups in total. The van der Waals surface area contributed by atoms with E-state index in [1.807, 2.05) is 13.8 Å². The first-order chi connectivity index (χ1) is 7.90. The summed E-state index contributed by atoms with van der Waals surface area (Å²) in [7, 11) is 0. The predicted molar refractivity (Wildman–Crippen MR) is 70.2 cm³/mol. The fourth-order valence-electron chi connectivity index (χ4n) is 2.13. The van der Waals surface area contributed by atoms with Gasteiger partial charge in [0.25, 0.3) is 0 Å². The van der Waals surface area contributed by atoms with Gasteiger partial charge in [-0.3, -0.25) is 4.79 Å². The van der Waals surface area contributed by atoms with Gasteiger partial charge in [0, 0.05) is 0 Å². The highest BCUT2D eigenvalue weighted by Crippen LogP contribution is 2.20. The van der Waals surface area contributed by atoms with Crippen LogP contribution in [0.25, 0.3) is 0 Å². The van der Waals surface area contributed by atoms with Crippen molar-refractivity contribution in [3.8, 4) is 0 Å². The largest absolute Gasteiger partial charge is 0.481 e. The van der Waals surface area contributed by atoms with Crippen LogP contribution in [0.3, 0.4) is 0 Å². The number of aryl methyl sites for hydroxylation is 2. The Kier molecular flexibility index (Phi) is 4.73. The summed E-state index contributed by atoms with van der Waals surface area (Å²) >= 11 is 0. The molecule has 1 aromatic rings. The third-order valence-electron chi connectivity index (χ3n) is 3.08. The third kappa shape index (κ3) is 4.22. The maximum atomic E-state index is 11.2. The lowest BCUT2D eigenvalue weighted by atomic mass is 9.89. The van der Waals surface area contributed by atoms with E-state index in [2.05, 4.69) is 32.0 Å². The van der Waals surface area contributed by atoms with Crippen molar-refractivity contribution in [2.24, 2.45) is 11.8 Å². The van der Waals surface area contributed by atoms with Crippen molar-refractivity contribution < 1.29 is 9.90 Å². The van der Waals surface area contributed by atoms with Crippen LogP contribution in [0.1, 0.15) is 37.0 Å². The number of benzene rings is 1. The quantitative estimate of drug-likeness (QED) is 0.845. The molecule has 0 bridgehead atoms. The summed E-state index contributed by atoms with van der Waals surface area (Å²) in [6, 6.07) is 6.24. The molecule has 0 saturated carbocycles. The summed E-state index contributed by atoms with van der Waals surface area (Å²) in [5.41, 5.74) is 3.54. The first-order valence-corrected chi connectivity index (χ1v) is 6.19. The second-order valence-corrected chi connectivity index (χ2v) is 5.30. The van der Waals surface area contributed by atoms with E-state index < -0.39 is 5.97 Å². The monoisotopic (exact) mass is 234 g/mol. The smallest absolute Gasteiger partial charge is 0.306 e. The lowest BCUT2D eigenvalue weighted by Gasteiger charge is -2.16. The molecule has 0 aromatic heterocycles. The van der Waals surface area contributed by atoms with E-state index in [0.29, 0.717) is 12.3 Å². The fraction of sp³-hybridized carbons (Fsp3) is 0.533. The van der Waals surface area contributed by atoms with Crippen LogP contribution < -0.4 is 0 Å². The van der Waals surface area contributed by atoms with Gasteiger partial charge in [-0.2, -0.15) is 0 Å². The zero-order valence-corrected chi connectivity index (χ0v) is 11.2. The summed E-state index contributed by atoms with van der Waals surface area (Å²) in [6.45, 7) is 8.22. The molecule has 1 unspecified atom stereocenters. The highest BCUT2D eigenvalue weighted by Gasteiger charge is 2.20. The summed E-state index contributed by atoms with van der Waals surface area (Å²) < 4.78 is 0. The Labute approximate surface area is 104 Å². The van der Waals surface area contributed by atoms with Crippen LogP contribution in [0.2, 0.25) is 0 Å². The molecule has 0 saturated heterocycles. The van der Waals surface area contributed by atoms with Crippen LogP contribution >= 0.6 is 0 Å². The van der Waals surface area contributed by atoms with Crippen molar-refractivity contribution >= 4 is 5.97 Å². The molecular weight excluding hydrogens is 212 g/mol. The molecule has 2 nitrogen and oxygen atoms in total. The zero-order chi connectivity index (χ0) is 13.0. The van der Waals surface area contributed by atoms with Gasteiger partial charge in [-0.1, -0.05) is 37.6 Å². The minimum Gasteiger partial charge on any atom is -0.481 e. The Hall–Kier alpha value is -1.31. The Morgan fingerprint density at radius 2 is 1.94 bits per heavy atom. The Balaban J connectivity index is 2.85. The van der Waals surface area contributed by atoms with Crippen molar-refractivity contribution in [3.63, 3.8) is 0 Å². The molecular formula is C15H22O2. The zero-order valence-electron chi connectivity index (χ0n) is 11.2. The second kappa shape index (κ2) is 5.85. The van der Waals surface area contributed by atoms with Crippen LogP contribution in [0.5, 0.6) is 0 Å². The van der Waals surface area contributed by atoms with Gasteiger partial charge in [-0.05, 0) is 43.7 Å². The van der Waals surface area contributed by atoms with E-state index in [1.54, 1.807) is 0 Å². The van der Waals surface area contributed by atoms with Gasteiger partial charge in [0.15, 0.2) is 0 Å². The fourth-order valence-corrected chi connectivity index (χ4v) is 2.13. The molecule has 0 spiro atoms. The van der Waals surface area contributed by atoms with Gasteiger partial charge in [0.1, 0.15) is 0 Å². The molecule has 1 aromatic carbocycles. The highest BCUT2D eigenvalue weighted by atomic mass is 16.4. The summed E-state index contributed by atoms with van der Waals surface area (Å²) in [4.78, 5) is 11.2. The minimum absolute atomic E-state index is 0.268. The lowest BCUT2D eigenvalue weighted by Crippen LogP contribution is -2.19. The molecule has 94 valence electrons. The van der Waals surface area contributed by atoms with Gasteiger partial charge in [0.05, 0.1) is 5.92 Å². The number of aliphatic carboxylic acids is 1. The van der Waals surface area contributed by atoms with Gasteiger partial charge < -0.3 is 5.11 Å². The standard InChI is InChI=1S/C15H22O2/c1-10(2)7-14(15(16)17)9-13-8-11(3)5-6-12(13)4/h5-6,8,10,14H,7,9H2,1-4H3,(H,16,17). The molecule has 17 heavy (non-hydrogen) atoms. The van der Waals surface area contributed by atoms with Crippen molar-refractivity contribution in [1.82, 2.24) is 0 Å². The molecule has 0 aliphatic carbocycles. The van der Waals surface area contributed by atoms with E-state index in [1.165, 1.54) is 11.1 Å². The van der Waals surface area contributed by atoms with Crippen molar-refractivity contribution in [1.29, 1.82) is 0 Å². The van der Waals surface area contributed by atoms with Gasteiger partial charge >= 0.3 is 5.97 Å². The van der Waals surface area contributed by atoms with Crippen LogP contribution in [0.15, 0.2) is 18.2 Å². The minimum atomic E-state index is -0.681. The van der Waals surface area contributed by atoms with Gasteiger partial charge in [-0.15, -0.1) is 0 Å².